The summed E-state index contributed by atoms with van der Waals surface area (Å²) >= 11 is 3.48. The van der Waals surface area contributed by atoms with Gasteiger partial charge in [-0.3, -0.25) is 14.2 Å². The zero-order chi connectivity index (χ0) is 28.7. The van der Waals surface area contributed by atoms with Gasteiger partial charge >= 0.3 is 5.97 Å². The highest BCUT2D eigenvalue weighted by molar-refractivity contribution is 14.1. The molecule has 1 aliphatic heterocycles. The molecule has 1 aliphatic carbocycles. The van der Waals surface area contributed by atoms with E-state index < -0.39 is 5.97 Å². The molecular weight excluding hydrogens is 651 g/mol. The van der Waals surface area contributed by atoms with Gasteiger partial charge in [-0.15, -0.1) is 0 Å². The van der Waals surface area contributed by atoms with E-state index in [1.165, 1.54) is 23.8 Å². The molecule has 0 spiro atoms. The first-order chi connectivity index (χ1) is 19.9. The van der Waals surface area contributed by atoms with E-state index in [0.29, 0.717) is 31.0 Å². The molecule has 0 amide bonds. The molecule has 7 nitrogen and oxygen atoms in total. The second-order valence-electron chi connectivity index (χ2n) is 9.71. The monoisotopic (exact) mass is 678 g/mol. The lowest BCUT2D eigenvalue weighted by Crippen LogP contribution is -2.39. The highest BCUT2D eigenvalue weighted by atomic mass is 127. The Labute approximate surface area is 254 Å². The first kappa shape index (κ1) is 27.5. The van der Waals surface area contributed by atoms with Crippen molar-refractivity contribution in [3.63, 3.8) is 0 Å². The molecule has 6 rings (SSSR count). The number of hydrogen-bond donors (Lipinski definition) is 0. The summed E-state index contributed by atoms with van der Waals surface area (Å²) in [5.41, 5.74) is 6.01. The lowest BCUT2D eigenvalue weighted by atomic mass is 9.83. The van der Waals surface area contributed by atoms with Crippen LogP contribution in [0.2, 0.25) is 0 Å². The van der Waals surface area contributed by atoms with Gasteiger partial charge in [-0.1, -0.05) is 53.8 Å². The van der Waals surface area contributed by atoms with Crippen LogP contribution in [-0.4, -0.2) is 24.3 Å². The van der Waals surface area contributed by atoms with Crippen molar-refractivity contribution in [3.05, 3.63) is 112 Å². The van der Waals surface area contributed by atoms with Gasteiger partial charge in [-0.05, 0) is 83.3 Å². The van der Waals surface area contributed by atoms with Gasteiger partial charge < -0.3 is 14.2 Å². The van der Waals surface area contributed by atoms with Gasteiger partial charge in [0.1, 0.15) is 5.75 Å². The number of nitrogens with zero attached hydrogens (tertiary/aromatic N) is 2. The van der Waals surface area contributed by atoms with Gasteiger partial charge in [-0.2, -0.15) is 0 Å². The average Bonchev–Trinajstić information content (AvgIpc) is 3.27. The zero-order valence-electron chi connectivity index (χ0n) is 22.8. The lowest BCUT2D eigenvalue weighted by molar-refractivity contribution is -0.132. The van der Waals surface area contributed by atoms with Crippen molar-refractivity contribution in [2.75, 3.05) is 13.7 Å². The molecule has 0 bridgehead atoms. The molecule has 208 valence electrons. The normalized spacial score (nSPS) is 15.9. The van der Waals surface area contributed by atoms with Crippen LogP contribution in [-0.2, 0) is 11.2 Å². The SMILES string of the molecule is CCOc1cc(/C=c2/sc3n(c2=O)[C@@H](c2ccccc2OC)C2=C(N=3)c3ccccc3CC2)cc(I)c1OC(C)=O. The third-order valence-electron chi connectivity index (χ3n) is 7.18. The zero-order valence-corrected chi connectivity index (χ0v) is 25.7. The first-order valence-electron chi connectivity index (χ1n) is 13.3. The Morgan fingerprint density at radius 1 is 1.12 bits per heavy atom. The van der Waals surface area contributed by atoms with Crippen molar-refractivity contribution < 1.29 is 19.0 Å². The van der Waals surface area contributed by atoms with Crippen LogP contribution in [0.5, 0.6) is 17.2 Å². The van der Waals surface area contributed by atoms with Crippen molar-refractivity contribution >= 4 is 51.7 Å². The van der Waals surface area contributed by atoms with Crippen LogP contribution in [0.3, 0.4) is 0 Å². The summed E-state index contributed by atoms with van der Waals surface area (Å²) in [7, 11) is 1.66. The number of benzene rings is 3. The number of ether oxygens (including phenoxy) is 3. The summed E-state index contributed by atoms with van der Waals surface area (Å²) < 4.78 is 20.0. The third-order valence-corrected chi connectivity index (χ3v) is 8.97. The number of fused-ring (bicyclic) bond motifs is 3. The second kappa shape index (κ2) is 11.3. The van der Waals surface area contributed by atoms with E-state index in [2.05, 4.69) is 40.8 Å². The molecule has 1 aromatic heterocycles. The van der Waals surface area contributed by atoms with Crippen LogP contribution in [0.15, 0.2) is 76.0 Å². The minimum absolute atomic E-state index is 0.118. The van der Waals surface area contributed by atoms with Gasteiger partial charge in [0.15, 0.2) is 16.3 Å². The van der Waals surface area contributed by atoms with Crippen LogP contribution in [0, 0.1) is 3.57 Å². The molecule has 0 unspecified atom stereocenters. The fourth-order valence-corrected chi connectivity index (χ4v) is 7.26. The number of hydrogen-bond acceptors (Lipinski definition) is 7. The number of esters is 1. The summed E-state index contributed by atoms with van der Waals surface area (Å²) in [5, 5.41) is 0. The number of rotatable bonds is 6. The Bertz CT molecular complexity index is 1910. The number of allylic oxidation sites excluding steroid dienone is 1. The van der Waals surface area contributed by atoms with Gasteiger partial charge in [0.2, 0.25) is 0 Å². The summed E-state index contributed by atoms with van der Waals surface area (Å²) in [6, 6.07) is 19.6. The van der Waals surface area contributed by atoms with Gasteiger partial charge in [0.25, 0.3) is 5.56 Å². The van der Waals surface area contributed by atoms with E-state index in [4.69, 9.17) is 19.2 Å². The summed E-state index contributed by atoms with van der Waals surface area (Å²) in [5.74, 6) is 1.14. The maximum Gasteiger partial charge on any atom is 0.308 e. The van der Waals surface area contributed by atoms with Crippen LogP contribution >= 0.6 is 33.9 Å². The first-order valence-corrected chi connectivity index (χ1v) is 15.2. The number of aromatic nitrogens is 1. The van der Waals surface area contributed by atoms with Crippen molar-refractivity contribution in [3.8, 4) is 17.2 Å². The Kier molecular flexibility index (Phi) is 7.56. The molecule has 0 N–H and O–H groups in total. The number of carbonyl (C=O) groups is 1. The molecule has 3 aromatic carbocycles. The minimum Gasteiger partial charge on any atom is -0.496 e. The van der Waals surface area contributed by atoms with E-state index >= 15 is 0 Å². The third kappa shape index (κ3) is 5.01. The number of methoxy groups -OCH3 is 1. The lowest BCUT2D eigenvalue weighted by Gasteiger charge is -2.31. The molecule has 41 heavy (non-hydrogen) atoms. The van der Waals surface area contributed by atoms with Gasteiger partial charge in [0.05, 0.1) is 33.6 Å². The molecule has 1 atom stereocenters. The van der Waals surface area contributed by atoms with Crippen molar-refractivity contribution in [2.45, 2.75) is 32.7 Å². The highest BCUT2D eigenvalue weighted by Crippen LogP contribution is 2.43. The number of thiazole rings is 1. The van der Waals surface area contributed by atoms with E-state index in [-0.39, 0.29) is 11.6 Å². The summed E-state index contributed by atoms with van der Waals surface area (Å²) in [6.07, 6.45) is 3.53. The summed E-state index contributed by atoms with van der Waals surface area (Å²) in [6.45, 7) is 3.63. The molecule has 2 aliphatic rings. The largest absolute Gasteiger partial charge is 0.496 e. The minimum atomic E-state index is -0.424. The molecule has 0 saturated carbocycles. The second-order valence-corrected chi connectivity index (χ2v) is 11.9. The molecule has 9 heteroatoms. The predicted octanol–water partition coefficient (Wildman–Crippen LogP) is 5.26. The van der Waals surface area contributed by atoms with Gasteiger partial charge in [-0.25, -0.2) is 4.99 Å². The number of halogens is 1. The molecule has 0 radical (unpaired) electrons. The van der Waals surface area contributed by atoms with Crippen molar-refractivity contribution in [1.29, 1.82) is 0 Å². The fraction of sp³-hybridized carbons (Fsp3) is 0.219. The van der Waals surface area contributed by atoms with Crippen LogP contribution < -0.4 is 29.1 Å². The predicted molar refractivity (Wildman–Crippen MR) is 167 cm³/mol. The van der Waals surface area contributed by atoms with Crippen LogP contribution in [0.25, 0.3) is 11.8 Å². The molecule has 0 fully saturated rings. The Morgan fingerprint density at radius 2 is 1.90 bits per heavy atom. The Balaban J connectivity index is 1.58. The maximum absolute atomic E-state index is 14.1. The Morgan fingerprint density at radius 3 is 2.68 bits per heavy atom. The highest BCUT2D eigenvalue weighted by Gasteiger charge is 2.34. The molecular formula is C32H27IN2O5S. The number of para-hydroxylation sites is 1. The van der Waals surface area contributed by atoms with Crippen molar-refractivity contribution in [2.24, 2.45) is 4.99 Å². The molecule has 2 heterocycles. The fourth-order valence-electron chi connectivity index (χ4n) is 5.52. The van der Waals surface area contributed by atoms with E-state index in [1.807, 2.05) is 54.0 Å². The number of aryl methyl sites for hydroxylation is 1. The Hall–Kier alpha value is -3.70. The smallest absolute Gasteiger partial charge is 0.308 e. The maximum atomic E-state index is 14.1. The number of carbonyl (C=O) groups excluding carboxylic acids is 1. The molecule has 0 saturated heterocycles. The standard InChI is InChI=1S/C32H27IN2O5S/c1-4-39-26-16-19(15-24(33)30(26)40-18(2)36)17-27-31(37)35-29(22-11-7-8-12-25(22)38-3)23-14-13-20-9-5-6-10-21(20)28(23)34-32(35)41-27/h5-12,15-17,29H,4,13-14H2,1-3H3/b27-17+/t29-/m0/s1. The van der Waals surface area contributed by atoms with Gasteiger partial charge in [0, 0.05) is 18.1 Å². The van der Waals surface area contributed by atoms with E-state index in [0.717, 1.165) is 46.6 Å². The van der Waals surface area contributed by atoms with Crippen LogP contribution in [0.4, 0.5) is 0 Å². The van der Waals surface area contributed by atoms with Crippen LogP contribution in [0.1, 0.15) is 48.6 Å². The quantitative estimate of drug-likeness (QED) is 0.158. The van der Waals surface area contributed by atoms with Crippen molar-refractivity contribution in [1.82, 2.24) is 4.57 Å². The van der Waals surface area contributed by atoms with E-state index in [9.17, 15) is 9.59 Å². The topological polar surface area (TPSA) is 79.1 Å². The average molecular weight is 679 g/mol. The molecule has 4 aromatic rings. The summed E-state index contributed by atoms with van der Waals surface area (Å²) in [4.78, 5) is 31.6. The van der Waals surface area contributed by atoms with E-state index in [1.54, 1.807) is 13.2 Å².